The molecule has 0 spiro atoms. The predicted molar refractivity (Wildman–Crippen MR) is 55.5 cm³/mol. The van der Waals surface area contributed by atoms with Crippen LogP contribution in [-0.4, -0.2) is 14.7 Å². The molecule has 0 aliphatic heterocycles. The van der Waals surface area contributed by atoms with Gasteiger partial charge in [0, 0.05) is 10.9 Å². The van der Waals surface area contributed by atoms with E-state index >= 15 is 0 Å². The molecule has 1 heterocycles. The normalized spacial score (nSPS) is 11.4. The first kappa shape index (κ1) is 10.3. The van der Waals surface area contributed by atoms with Crippen LogP contribution in [0.15, 0.2) is 17.3 Å². The number of hydrogen-bond donors (Lipinski definition) is 2. The van der Waals surface area contributed by atoms with Crippen molar-refractivity contribution in [3.63, 3.8) is 0 Å². The average molecular weight is 198 g/mol. The Morgan fingerprint density at radius 3 is 2.69 bits per heavy atom. The number of anilines is 1. The van der Waals surface area contributed by atoms with Crippen LogP contribution in [0.4, 0.5) is 5.95 Å². The molecule has 1 rings (SSSR count). The third-order valence-electron chi connectivity index (χ3n) is 1.17. The van der Waals surface area contributed by atoms with E-state index in [1.807, 2.05) is 6.07 Å². The molecule has 72 valence electrons. The molecule has 0 aromatic carbocycles. The maximum absolute atomic E-state index is 5.20. The van der Waals surface area contributed by atoms with Crippen molar-refractivity contribution >= 4 is 17.7 Å². The molecule has 0 unspecified atom stereocenters. The lowest BCUT2D eigenvalue weighted by Crippen LogP contribution is -2.12. The maximum Gasteiger partial charge on any atom is 0.238 e. The standard InChI is InChI=1S/C8H14N4S/c1-8(2,3)13-6-4-5-10-7(11-6)12-9/h4-5H,9H2,1-3H3,(H,10,11,12). The summed E-state index contributed by atoms with van der Waals surface area (Å²) in [7, 11) is 0. The number of aromatic nitrogens is 2. The second kappa shape index (κ2) is 3.93. The average Bonchev–Trinajstić information content (AvgIpc) is 2.01. The summed E-state index contributed by atoms with van der Waals surface area (Å²) in [4.78, 5) is 8.12. The molecule has 1 aromatic heterocycles. The number of thioether (sulfide) groups is 1. The first-order chi connectivity index (χ1) is 6.01. The molecule has 5 heteroatoms. The number of hydrogen-bond acceptors (Lipinski definition) is 5. The number of hydrazine groups is 1. The SMILES string of the molecule is CC(C)(C)Sc1ccnc(NN)n1. The lowest BCUT2D eigenvalue weighted by molar-refractivity contribution is 0.798. The highest BCUT2D eigenvalue weighted by atomic mass is 32.2. The third-order valence-corrected chi connectivity index (χ3v) is 2.22. The molecule has 3 N–H and O–H groups in total. The van der Waals surface area contributed by atoms with Gasteiger partial charge in [-0.15, -0.1) is 11.8 Å². The molecule has 0 atom stereocenters. The maximum atomic E-state index is 5.20. The van der Waals surface area contributed by atoms with Crippen molar-refractivity contribution in [1.29, 1.82) is 0 Å². The van der Waals surface area contributed by atoms with Gasteiger partial charge in [-0.2, -0.15) is 0 Å². The zero-order valence-corrected chi connectivity index (χ0v) is 8.85. The second-order valence-corrected chi connectivity index (χ2v) is 5.42. The van der Waals surface area contributed by atoms with E-state index in [4.69, 9.17) is 5.84 Å². The van der Waals surface area contributed by atoms with Gasteiger partial charge in [-0.1, -0.05) is 20.8 Å². The van der Waals surface area contributed by atoms with Gasteiger partial charge in [0.1, 0.15) is 5.03 Å². The van der Waals surface area contributed by atoms with Crippen molar-refractivity contribution < 1.29 is 0 Å². The number of nitrogens with two attached hydrogens (primary N) is 1. The largest absolute Gasteiger partial charge is 0.292 e. The first-order valence-corrected chi connectivity index (χ1v) is 4.81. The van der Waals surface area contributed by atoms with Crippen molar-refractivity contribution in [2.45, 2.75) is 30.5 Å². The van der Waals surface area contributed by atoms with Crippen LogP contribution in [-0.2, 0) is 0 Å². The monoisotopic (exact) mass is 198 g/mol. The summed E-state index contributed by atoms with van der Waals surface area (Å²) in [5, 5.41) is 0.926. The fourth-order valence-electron chi connectivity index (χ4n) is 0.782. The van der Waals surface area contributed by atoms with Crippen LogP contribution in [0.3, 0.4) is 0 Å². The fourth-order valence-corrected chi connectivity index (χ4v) is 1.67. The van der Waals surface area contributed by atoms with Crippen molar-refractivity contribution in [2.24, 2.45) is 5.84 Å². The van der Waals surface area contributed by atoms with Gasteiger partial charge in [-0.05, 0) is 6.07 Å². The van der Waals surface area contributed by atoms with Crippen LogP contribution in [0.1, 0.15) is 20.8 Å². The summed E-state index contributed by atoms with van der Waals surface area (Å²) in [6.07, 6.45) is 1.69. The van der Waals surface area contributed by atoms with Gasteiger partial charge in [0.15, 0.2) is 0 Å². The number of nitrogens with one attached hydrogen (secondary N) is 1. The molecule has 0 aliphatic carbocycles. The molecule has 0 radical (unpaired) electrons. The van der Waals surface area contributed by atoms with E-state index in [0.29, 0.717) is 5.95 Å². The summed E-state index contributed by atoms with van der Waals surface area (Å²) >= 11 is 1.68. The molecule has 1 aromatic rings. The van der Waals surface area contributed by atoms with Crippen molar-refractivity contribution in [2.75, 3.05) is 5.43 Å². The van der Waals surface area contributed by atoms with Gasteiger partial charge in [0.05, 0.1) is 0 Å². The van der Waals surface area contributed by atoms with Gasteiger partial charge in [0.25, 0.3) is 0 Å². The van der Waals surface area contributed by atoms with Gasteiger partial charge in [0.2, 0.25) is 5.95 Å². The zero-order valence-electron chi connectivity index (χ0n) is 8.03. The Bertz CT molecular complexity index is 282. The molecule has 0 aliphatic rings. The van der Waals surface area contributed by atoms with Gasteiger partial charge in [-0.3, -0.25) is 5.43 Å². The summed E-state index contributed by atoms with van der Waals surface area (Å²) < 4.78 is 0.153. The molecule has 0 amide bonds. The Labute approximate surface area is 82.3 Å². The smallest absolute Gasteiger partial charge is 0.238 e. The van der Waals surface area contributed by atoms with Crippen LogP contribution < -0.4 is 11.3 Å². The molecular weight excluding hydrogens is 184 g/mol. The first-order valence-electron chi connectivity index (χ1n) is 4.00. The van der Waals surface area contributed by atoms with Gasteiger partial charge in [-0.25, -0.2) is 15.8 Å². The fraction of sp³-hybridized carbons (Fsp3) is 0.500. The van der Waals surface area contributed by atoms with Gasteiger partial charge < -0.3 is 0 Å². The molecule has 0 bridgehead atoms. The number of nitrogens with zero attached hydrogens (tertiary/aromatic N) is 2. The van der Waals surface area contributed by atoms with E-state index in [9.17, 15) is 0 Å². The molecule has 0 saturated carbocycles. The highest BCUT2D eigenvalue weighted by Gasteiger charge is 2.13. The molecule has 0 fully saturated rings. The number of rotatable bonds is 2. The Morgan fingerprint density at radius 2 is 2.15 bits per heavy atom. The van der Waals surface area contributed by atoms with E-state index in [0.717, 1.165) is 5.03 Å². The van der Waals surface area contributed by atoms with Crippen molar-refractivity contribution in [3.05, 3.63) is 12.3 Å². The number of nitrogen functional groups attached to an aromatic ring is 1. The zero-order chi connectivity index (χ0) is 9.90. The summed E-state index contributed by atoms with van der Waals surface area (Å²) in [5.41, 5.74) is 2.42. The highest BCUT2D eigenvalue weighted by molar-refractivity contribution is 8.00. The summed E-state index contributed by atoms with van der Waals surface area (Å²) in [6, 6.07) is 1.87. The van der Waals surface area contributed by atoms with Crippen LogP contribution in [0, 0.1) is 0 Å². The molecule has 0 saturated heterocycles. The Kier molecular flexibility index (Phi) is 3.11. The minimum absolute atomic E-state index is 0.153. The minimum atomic E-state index is 0.153. The van der Waals surface area contributed by atoms with Crippen LogP contribution >= 0.6 is 11.8 Å². The Morgan fingerprint density at radius 1 is 1.46 bits per heavy atom. The quantitative estimate of drug-likeness (QED) is 0.327. The van der Waals surface area contributed by atoms with Crippen LogP contribution in [0.5, 0.6) is 0 Å². The van der Waals surface area contributed by atoms with Crippen LogP contribution in [0.2, 0.25) is 0 Å². The topological polar surface area (TPSA) is 63.8 Å². The van der Waals surface area contributed by atoms with E-state index in [2.05, 4.69) is 36.2 Å². The van der Waals surface area contributed by atoms with E-state index in [-0.39, 0.29) is 4.75 Å². The van der Waals surface area contributed by atoms with E-state index < -0.39 is 0 Å². The molecule has 13 heavy (non-hydrogen) atoms. The van der Waals surface area contributed by atoms with Crippen molar-refractivity contribution in [3.8, 4) is 0 Å². The predicted octanol–water partition coefficient (Wildman–Crippen LogP) is 1.65. The van der Waals surface area contributed by atoms with E-state index in [1.54, 1.807) is 18.0 Å². The van der Waals surface area contributed by atoms with Crippen LogP contribution in [0.25, 0.3) is 0 Å². The Balaban J connectivity index is 2.78. The van der Waals surface area contributed by atoms with Gasteiger partial charge >= 0.3 is 0 Å². The lowest BCUT2D eigenvalue weighted by Gasteiger charge is -2.16. The summed E-state index contributed by atoms with van der Waals surface area (Å²) in [6.45, 7) is 6.40. The lowest BCUT2D eigenvalue weighted by atomic mass is 10.3. The van der Waals surface area contributed by atoms with E-state index in [1.165, 1.54) is 0 Å². The molecular formula is C8H14N4S. The molecule has 4 nitrogen and oxygen atoms in total. The minimum Gasteiger partial charge on any atom is -0.292 e. The summed E-state index contributed by atoms with van der Waals surface area (Å²) in [5.74, 6) is 5.65. The Hall–Kier alpha value is -0.810. The third kappa shape index (κ3) is 3.61. The second-order valence-electron chi connectivity index (χ2n) is 3.58. The van der Waals surface area contributed by atoms with Crippen molar-refractivity contribution in [1.82, 2.24) is 9.97 Å². The highest BCUT2D eigenvalue weighted by Crippen LogP contribution is 2.30.